The Kier molecular flexibility index (Phi) is 4.35. The molecule has 3 nitrogen and oxygen atoms in total. The number of hydrogen-bond donors (Lipinski definition) is 2. The Labute approximate surface area is 111 Å². The molecule has 1 aliphatic carbocycles. The molecule has 2 rings (SSSR count). The lowest BCUT2D eigenvalue weighted by Crippen LogP contribution is -2.59. The largest absolute Gasteiger partial charge is 0.394 e. The van der Waals surface area contributed by atoms with Gasteiger partial charge in [0.05, 0.1) is 6.61 Å². The number of ether oxygens (including phenoxy) is 1. The van der Waals surface area contributed by atoms with Crippen LogP contribution in [0.2, 0.25) is 0 Å². The van der Waals surface area contributed by atoms with Crippen LogP contribution in [0.15, 0.2) is 0 Å². The summed E-state index contributed by atoms with van der Waals surface area (Å²) in [4.78, 5) is 0. The van der Waals surface area contributed by atoms with Crippen LogP contribution in [0.25, 0.3) is 0 Å². The van der Waals surface area contributed by atoms with Gasteiger partial charge in [0.15, 0.2) is 0 Å². The average Bonchev–Trinajstić information content (AvgIpc) is 2.27. The average molecular weight is 255 g/mol. The molecular weight excluding hydrogens is 226 g/mol. The summed E-state index contributed by atoms with van der Waals surface area (Å²) in [5, 5.41) is 13.7. The van der Waals surface area contributed by atoms with Crippen LogP contribution in [0.1, 0.15) is 52.9 Å². The number of aliphatic hydroxyl groups is 1. The van der Waals surface area contributed by atoms with Gasteiger partial charge in [-0.3, -0.25) is 0 Å². The van der Waals surface area contributed by atoms with Crippen molar-refractivity contribution >= 4 is 0 Å². The zero-order chi connectivity index (χ0) is 13.2. The first-order valence-corrected chi connectivity index (χ1v) is 7.41. The summed E-state index contributed by atoms with van der Waals surface area (Å²) in [7, 11) is 0. The summed E-state index contributed by atoms with van der Waals surface area (Å²) in [5.74, 6) is 0.688. The molecule has 0 bridgehead atoms. The van der Waals surface area contributed by atoms with Crippen LogP contribution in [-0.4, -0.2) is 36.5 Å². The van der Waals surface area contributed by atoms with Gasteiger partial charge in [0.25, 0.3) is 0 Å². The van der Waals surface area contributed by atoms with Crippen molar-refractivity contribution in [3.05, 3.63) is 0 Å². The van der Waals surface area contributed by atoms with Crippen LogP contribution in [0, 0.1) is 11.3 Å². The Hall–Kier alpha value is -0.120. The lowest BCUT2D eigenvalue weighted by Gasteiger charge is -2.49. The molecule has 1 saturated heterocycles. The Morgan fingerprint density at radius 1 is 1.22 bits per heavy atom. The summed E-state index contributed by atoms with van der Waals surface area (Å²) in [6.45, 7) is 8.96. The molecule has 0 aromatic heterocycles. The standard InChI is InChI=1S/C15H29NO2/c1-12-8-14(2,3)10-15(9-12,11-17)16-13-4-6-18-7-5-13/h12-13,16-17H,4-11H2,1-3H3/t12-,15+/m0/s1. The van der Waals surface area contributed by atoms with Crippen molar-refractivity contribution < 1.29 is 9.84 Å². The maximum absolute atomic E-state index is 9.93. The van der Waals surface area contributed by atoms with Crippen LogP contribution in [0.3, 0.4) is 0 Å². The second kappa shape index (κ2) is 5.48. The fourth-order valence-corrected chi connectivity index (χ4v) is 4.29. The lowest BCUT2D eigenvalue weighted by atomic mass is 9.64. The van der Waals surface area contributed by atoms with E-state index >= 15 is 0 Å². The smallest absolute Gasteiger partial charge is 0.0613 e. The molecule has 3 heteroatoms. The van der Waals surface area contributed by atoms with E-state index in [0.29, 0.717) is 17.4 Å². The number of rotatable bonds is 3. The highest BCUT2D eigenvalue weighted by Crippen LogP contribution is 2.44. The van der Waals surface area contributed by atoms with Crippen molar-refractivity contribution in [1.29, 1.82) is 0 Å². The van der Waals surface area contributed by atoms with Crippen molar-refractivity contribution in [3.63, 3.8) is 0 Å². The Morgan fingerprint density at radius 2 is 1.89 bits per heavy atom. The molecule has 2 N–H and O–H groups in total. The fourth-order valence-electron chi connectivity index (χ4n) is 4.29. The second-order valence-corrected chi connectivity index (χ2v) is 7.32. The van der Waals surface area contributed by atoms with Gasteiger partial charge >= 0.3 is 0 Å². The third-order valence-corrected chi connectivity index (χ3v) is 4.49. The monoisotopic (exact) mass is 255 g/mol. The van der Waals surface area contributed by atoms with Gasteiger partial charge in [-0.2, -0.15) is 0 Å². The lowest BCUT2D eigenvalue weighted by molar-refractivity contribution is 0.00839. The van der Waals surface area contributed by atoms with Crippen molar-refractivity contribution in [2.24, 2.45) is 11.3 Å². The highest BCUT2D eigenvalue weighted by Gasteiger charge is 2.43. The quantitative estimate of drug-likeness (QED) is 0.813. The minimum Gasteiger partial charge on any atom is -0.394 e. The van der Waals surface area contributed by atoms with Gasteiger partial charge in [-0.05, 0) is 43.4 Å². The molecular formula is C15H29NO2. The van der Waals surface area contributed by atoms with E-state index in [4.69, 9.17) is 4.74 Å². The SMILES string of the molecule is C[C@H]1CC(C)(C)C[C@](CO)(NC2CCOCC2)C1. The molecule has 1 heterocycles. The van der Waals surface area contributed by atoms with Gasteiger partial charge in [0.1, 0.15) is 0 Å². The van der Waals surface area contributed by atoms with Crippen molar-refractivity contribution in [3.8, 4) is 0 Å². The van der Waals surface area contributed by atoms with Gasteiger partial charge in [-0.15, -0.1) is 0 Å². The maximum atomic E-state index is 9.93. The molecule has 106 valence electrons. The van der Waals surface area contributed by atoms with Crippen LogP contribution < -0.4 is 5.32 Å². The van der Waals surface area contributed by atoms with E-state index in [-0.39, 0.29) is 12.1 Å². The van der Waals surface area contributed by atoms with Crippen LogP contribution in [0.4, 0.5) is 0 Å². The minimum absolute atomic E-state index is 0.0663. The molecule has 0 unspecified atom stereocenters. The minimum atomic E-state index is -0.0663. The third-order valence-electron chi connectivity index (χ3n) is 4.49. The van der Waals surface area contributed by atoms with E-state index < -0.39 is 0 Å². The van der Waals surface area contributed by atoms with Crippen LogP contribution in [-0.2, 0) is 4.74 Å². The molecule has 0 radical (unpaired) electrons. The van der Waals surface area contributed by atoms with E-state index in [1.165, 1.54) is 6.42 Å². The third kappa shape index (κ3) is 3.46. The van der Waals surface area contributed by atoms with Gasteiger partial charge in [0.2, 0.25) is 0 Å². The molecule has 0 amide bonds. The van der Waals surface area contributed by atoms with E-state index in [1.807, 2.05) is 0 Å². The molecule has 0 aromatic carbocycles. The predicted molar refractivity (Wildman–Crippen MR) is 73.6 cm³/mol. The van der Waals surface area contributed by atoms with Gasteiger partial charge in [0, 0.05) is 24.8 Å². The van der Waals surface area contributed by atoms with Gasteiger partial charge in [-0.1, -0.05) is 20.8 Å². The second-order valence-electron chi connectivity index (χ2n) is 7.32. The molecule has 2 aliphatic rings. The van der Waals surface area contributed by atoms with Crippen molar-refractivity contribution in [2.45, 2.75) is 64.5 Å². The highest BCUT2D eigenvalue weighted by molar-refractivity contribution is 5.00. The molecule has 1 saturated carbocycles. The first-order valence-electron chi connectivity index (χ1n) is 7.41. The number of aliphatic hydroxyl groups excluding tert-OH is 1. The predicted octanol–water partition coefficient (Wildman–Crippen LogP) is 2.33. The summed E-state index contributed by atoms with van der Waals surface area (Å²) >= 11 is 0. The van der Waals surface area contributed by atoms with E-state index in [9.17, 15) is 5.11 Å². The molecule has 1 aliphatic heterocycles. The zero-order valence-electron chi connectivity index (χ0n) is 12.2. The number of nitrogens with one attached hydrogen (secondary N) is 1. The summed E-state index contributed by atoms with van der Waals surface area (Å²) in [5.41, 5.74) is 0.266. The Balaban J connectivity index is 2.04. The van der Waals surface area contributed by atoms with Crippen LogP contribution >= 0.6 is 0 Å². The van der Waals surface area contributed by atoms with E-state index in [1.54, 1.807) is 0 Å². The Morgan fingerprint density at radius 3 is 2.44 bits per heavy atom. The van der Waals surface area contributed by atoms with E-state index in [2.05, 4.69) is 26.1 Å². The van der Waals surface area contributed by atoms with E-state index in [0.717, 1.165) is 38.9 Å². The Bertz CT molecular complexity index is 274. The fraction of sp³-hybridized carbons (Fsp3) is 1.00. The van der Waals surface area contributed by atoms with Crippen LogP contribution in [0.5, 0.6) is 0 Å². The molecule has 2 atom stereocenters. The molecule has 2 fully saturated rings. The van der Waals surface area contributed by atoms with Gasteiger partial charge < -0.3 is 15.2 Å². The zero-order valence-corrected chi connectivity index (χ0v) is 12.2. The highest BCUT2D eigenvalue weighted by atomic mass is 16.5. The number of hydrogen-bond acceptors (Lipinski definition) is 3. The molecule has 0 spiro atoms. The first kappa shape index (κ1) is 14.3. The summed E-state index contributed by atoms with van der Waals surface area (Å²) in [6, 6.07) is 0.520. The maximum Gasteiger partial charge on any atom is 0.0613 e. The summed E-state index contributed by atoms with van der Waals surface area (Å²) in [6.07, 6.45) is 5.61. The first-order chi connectivity index (χ1) is 8.45. The molecule has 0 aromatic rings. The normalized spacial score (nSPS) is 37.7. The topological polar surface area (TPSA) is 41.5 Å². The van der Waals surface area contributed by atoms with Gasteiger partial charge in [-0.25, -0.2) is 0 Å². The summed E-state index contributed by atoms with van der Waals surface area (Å²) < 4.78 is 5.42. The molecule has 18 heavy (non-hydrogen) atoms. The van der Waals surface area contributed by atoms with Crippen molar-refractivity contribution in [2.75, 3.05) is 19.8 Å². The van der Waals surface area contributed by atoms with Crippen molar-refractivity contribution in [1.82, 2.24) is 5.32 Å².